The second-order valence-electron chi connectivity index (χ2n) is 6.75. The van der Waals surface area contributed by atoms with Gasteiger partial charge in [0.25, 0.3) is 0 Å². The van der Waals surface area contributed by atoms with Gasteiger partial charge in [-0.1, -0.05) is 12.1 Å². The molecule has 2 rings (SSSR count). The molecule has 4 nitrogen and oxygen atoms in total. The van der Waals surface area contributed by atoms with Crippen molar-refractivity contribution in [3.05, 3.63) is 35.6 Å². The summed E-state index contributed by atoms with van der Waals surface area (Å²) in [4.78, 5) is 13.7. The number of carbonyl (C=O) groups is 1. The molecular formula is C17H25FN2O2. The standard InChI is InChI=1S/C17H25FN2O2/c1-17(2,3)22-16(21)20-10-8-15(12-20)19-9-7-13-5-4-6-14(18)11-13/h4-6,11,15,19H,7-10,12H2,1-3H3. The third-order valence-corrected chi connectivity index (χ3v) is 3.58. The lowest BCUT2D eigenvalue weighted by Crippen LogP contribution is -2.38. The van der Waals surface area contributed by atoms with Gasteiger partial charge in [-0.3, -0.25) is 0 Å². The van der Waals surface area contributed by atoms with Crippen LogP contribution in [0, 0.1) is 5.82 Å². The zero-order valence-corrected chi connectivity index (χ0v) is 13.6. The smallest absolute Gasteiger partial charge is 0.410 e. The number of rotatable bonds is 4. The van der Waals surface area contributed by atoms with E-state index in [1.165, 1.54) is 6.07 Å². The molecule has 0 spiro atoms. The molecule has 1 fully saturated rings. The molecular weight excluding hydrogens is 283 g/mol. The molecule has 0 aliphatic carbocycles. The van der Waals surface area contributed by atoms with E-state index in [1.54, 1.807) is 17.0 Å². The van der Waals surface area contributed by atoms with Gasteiger partial charge < -0.3 is 15.0 Å². The summed E-state index contributed by atoms with van der Waals surface area (Å²) < 4.78 is 18.5. The summed E-state index contributed by atoms with van der Waals surface area (Å²) in [5.41, 5.74) is 0.523. The molecule has 0 bridgehead atoms. The van der Waals surface area contributed by atoms with Gasteiger partial charge in [0.2, 0.25) is 0 Å². The lowest BCUT2D eigenvalue weighted by atomic mass is 10.1. The Morgan fingerprint density at radius 2 is 2.23 bits per heavy atom. The first-order valence-electron chi connectivity index (χ1n) is 7.79. The van der Waals surface area contributed by atoms with Gasteiger partial charge in [0.1, 0.15) is 11.4 Å². The molecule has 0 radical (unpaired) electrons. The molecule has 1 aromatic carbocycles. The summed E-state index contributed by atoms with van der Waals surface area (Å²) in [6.45, 7) is 7.77. The Morgan fingerprint density at radius 1 is 1.45 bits per heavy atom. The Hall–Kier alpha value is -1.62. The maximum Gasteiger partial charge on any atom is 0.410 e. The number of amides is 1. The van der Waals surface area contributed by atoms with Crippen molar-refractivity contribution in [1.29, 1.82) is 0 Å². The number of hydrogen-bond acceptors (Lipinski definition) is 3. The van der Waals surface area contributed by atoms with Crippen molar-refractivity contribution in [2.24, 2.45) is 0 Å². The fourth-order valence-electron chi connectivity index (χ4n) is 2.53. The largest absolute Gasteiger partial charge is 0.444 e. The van der Waals surface area contributed by atoms with Crippen LogP contribution >= 0.6 is 0 Å². The fraction of sp³-hybridized carbons (Fsp3) is 0.588. The quantitative estimate of drug-likeness (QED) is 0.930. The Morgan fingerprint density at radius 3 is 2.91 bits per heavy atom. The van der Waals surface area contributed by atoms with Gasteiger partial charge >= 0.3 is 6.09 Å². The first kappa shape index (κ1) is 16.7. The van der Waals surface area contributed by atoms with Gasteiger partial charge in [-0.25, -0.2) is 9.18 Å². The van der Waals surface area contributed by atoms with Gasteiger partial charge in [-0.15, -0.1) is 0 Å². The van der Waals surface area contributed by atoms with Gasteiger partial charge in [0.15, 0.2) is 0 Å². The molecule has 1 aliphatic heterocycles. The van der Waals surface area contributed by atoms with Crippen LogP contribution < -0.4 is 5.32 Å². The number of benzene rings is 1. The lowest BCUT2D eigenvalue weighted by Gasteiger charge is -2.24. The topological polar surface area (TPSA) is 41.6 Å². The van der Waals surface area contributed by atoms with Crippen molar-refractivity contribution in [1.82, 2.24) is 10.2 Å². The molecule has 1 saturated heterocycles. The fourth-order valence-corrected chi connectivity index (χ4v) is 2.53. The Balaban J connectivity index is 1.71. The van der Waals surface area contributed by atoms with Crippen LogP contribution in [0.2, 0.25) is 0 Å². The van der Waals surface area contributed by atoms with E-state index in [4.69, 9.17) is 4.74 Å². The van der Waals surface area contributed by atoms with Crippen molar-refractivity contribution < 1.29 is 13.9 Å². The molecule has 122 valence electrons. The molecule has 1 aromatic rings. The van der Waals surface area contributed by atoms with Crippen LogP contribution in [-0.2, 0) is 11.2 Å². The van der Waals surface area contributed by atoms with E-state index >= 15 is 0 Å². The van der Waals surface area contributed by atoms with Crippen molar-refractivity contribution in [2.75, 3.05) is 19.6 Å². The van der Waals surface area contributed by atoms with Crippen LogP contribution in [0.3, 0.4) is 0 Å². The summed E-state index contributed by atoms with van der Waals surface area (Å²) in [6.07, 6.45) is 1.45. The van der Waals surface area contributed by atoms with Crippen LogP contribution in [0.4, 0.5) is 9.18 Å². The molecule has 1 N–H and O–H groups in total. The lowest BCUT2D eigenvalue weighted by molar-refractivity contribution is 0.0291. The van der Waals surface area contributed by atoms with Gasteiger partial charge in [-0.05, 0) is 57.9 Å². The minimum absolute atomic E-state index is 0.200. The number of carbonyl (C=O) groups excluding carboxylic acids is 1. The molecule has 0 aromatic heterocycles. The van der Waals surface area contributed by atoms with Crippen molar-refractivity contribution in [3.8, 4) is 0 Å². The maximum atomic E-state index is 13.1. The summed E-state index contributed by atoms with van der Waals surface area (Å²) in [5.74, 6) is -0.200. The molecule has 0 saturated carbocycles. The average Bonchev–Trinajstić information content (AvgIpc) is 2.86. The number of nitrogens with one attached hydrogen (secondary N) is 1. The number of halogens is 1. The normalized spacial score (nSPS) is 18.5. The minimum Gasteiger partial charge on any atom is -0.444 e. The first-order valence-corrected chi connectivity index (χ1v) is 7.79. The second kappa shape index (κ2) is 7.09. The highest BCUT2D eigenvalue weighted by Crippen LogP contribution is 2.15. The molecule has 1 heterocycles. The number of nitrogens with zero attached hydrogens (tertiary/aromatic N) is 1. The van der Waals surface area contributed by atoms with Gasteiger partial charge in [0.05, 0.1) is 0 Å². The van der Waals surface area contributed by atoms with E-state index in [1.807, 2.05) is 26.8 Å². The van der Waals surface area contributed by atoms with E-state index in [2.05, 4.69) is 5.32 Å². The third kappa shape index (κ3) is 5.30. The van der Waals surface area contributed by atoms with Crippen LogP contribution in [0.1, 0.15) is 32.8 Å². The van der Waals surface area contributed by atoms with Crippen LogP contribution in [0.15, 0.2) is 24.3 Å². The van der Waals surface area contributed by atoms with Crippen molar-refractivity contribution in [3.63, 3.8) is 0 Å². The van der Waals surface area contributed by atoms with E-state index in [-0.39, 0.29) is 18.0 Å². The van der Waals surface area contributed by atoms with Gasteiger partial charge in [-0.2, -0.15) is 0 Å². The van der Waals surface area contributed by atoms with E-state index in [9.17, 15) is 9.18 Å². The zero-order valence-electron chi connectivity index (χ0n) is 13.6. The van der Waals surface area contributed by atoms with E-state index in [0.29, 0.717) is 13.1 Å². The zero-order chi connectivity index (χ0) is 16.2. The Kier molecular flexibility index (Phi) is 5.40. The molecule has 5 heteroatoms. The van der Waals surface area contributed by atoms with E-state index < -0.39 is 5.60 Å². The highest BCUT2D eigenvalue weighted by molar-refractivity contribution is 5.68. The van der Waals surface area contributed by atoms with E-state index in [0.717, 1.165) is 24.9 Å². The maximum absolute atomic E-state index is 13.1. The summed E-state index contributed by atoms with van der Waals surface area (Å²) in [7, 11) is 0. The molecule has 1 amide bonds. The minimum atomic E-state index is -0.458. The summed E-state index contributed by atoms with van der Waals surface area (Å²) in [6, 6.07) is 6.94. The van der Waals surface area contributed by atoms with Crippen molar-refractivity contribution >= 4 is 6.09 Å². The second-order valence-corrected chi connectivity index (χ2v) is 6.75. The molecule has 1 aliphatic rings. The molecule has 22 heavy (non-hydrogen) atoms. The average molecular weight is 308 g/mol. The predicted molar refractivity (Wildman–Crippen MR) is 84.3 cm³/mol. The highest BCUT2D eigenvalue weighted by atomic mass is 19.1. The third-order valence-electron chi connectivity index (χ3n) is 3.58. The number of likely N-dealkylation sites (tertiary alicyclic amines) is 1. The first-order chi connectivity index (χ1) is 10.3. The molecule has 1 atom stereocenters. The Labute approximate surface area is 131 Å². The van der Waals surface area contributed by atoms with Crippen LogP contribution in [0.5, 0.6) is 0 Å². The number of hydrogen-bond donors (Lipinski definition) is 1. The van der Waals surface area contributed by atoms with Crippen molar-refractivity contribution in [2.45, 2.75) is 45.3 Å². The highest BCUT2D eigenvalue weighted by Gasteiger charge is 2.29. The molecule has 1 unspecified atom stereocenters. The van der Waals surface area contributed by atoms with Crippen LogP contribution in [-0.4, -0.2) is 42.3 Å². The van der Waals surface area contributed by atoms with Gasteiger partial charge in [0, 0.05) is 19.1 Å². The summed E-state index contributed by atoms with van der Waals surface area (Å²) in [5, 5.41) is 3.43. The summed E-state index contributed by atoms with van der Waals surface area (Å²) >= 11 is 0. The predicted octanol–water partition coefficient (Wildman–Crippen LogP) is 2.97. The monoisotopic (exact) mass is 308 g/mol. The SMILES string of the molecule is CC(C)(C)OC(=O)N1CCC(NCCc2cccc(F)c2)C1. The number of ether oxygens (including phenoxy) is 1. The Bertz CT molecular complexity index is 514. The van der Waals surface area contributed by atoms with Crippen LogP contribution in [0.25, 0.3) is 0 Å².